The van der Waals surface area contributed by atoms with E-state index in [0.717, 1.165) is 30.4 Å². The average Bonchev–Trinajstić information content (AvgIpc) is 2.67. The minimum Gasteiger partial charge on any atom is -0.174 e. The fourth-order valence-corrected chi connectivity index (χ4v) is 3.88. The van der Waals surface area contributed by atoms with Gasteiger partial charge >= 0.3 is 0 Å². The van der Waals surface area contributed by atoms with E-state index in [4.69, 9.17) is 0 Å². The van der Waals surface area contributed by atoms with E-state index in [0.29, 0.717) is 6.42 Å². The Morgan fingerprint density at radius 1 is 0.926 bits per heavy atom. The minimum atomic E-state index is -1.56. The highest BCUT2D eigenvalue weighted by molar-refractivity contribution is 5.75. The molecule has 2 heteroatoms. The molecule has 1 aliphatic rings. The Labute approximate surface area is 164 Å². The molecule has 0 radical (unpaired) electrons. The zero-order chi connectivity index (χ0) is 19.4. The third kappa shape index (κ3) is 7.82. The summed E-state index contributed by atoms with van der Waals surface area (Å²) in [4.78, 5) is 0. The van der Waals surface area contributed by atoms with E-state index in [1.54, 1.807) is 0 Å². The highest BCUT2D eigenvalue weighted by atomic mass is 19.3. The van der Waals surface area contributed by atoms with Crippen LogP contribution in [0.25, 0.3) is 5.57 Å². The lowest BCUT2D eigenvalue weighted by molar-refractivity contribution is 0.365. The van der Waals surface area contributed by atoms with Crippen molar-refractivity contribution in [2.75, 3.05) is 0 Å². The first kappa shape index (κ1) is 21.6. The van der Waals surface area contributed by atoms with Gasteiger partial charge in [-0.05, 0) is 30.1 Å². The van der Waals surface area contributed by atoms with Gasteiger partial charge in [0.05, 0.1) is 0 Å². The van der Waals surface area contributed by atoms with Crippen molar-refractivity contribution in [3.63, 3.8) is 0 Å². The number of hydrogen-bond acceptors (Lipinski definition) is 0. The van der Waals surface area contributed by atoms with Gasteiger partial charge in [0.15, 0.2) is 0 Å². The van der Waals surface area contributed by atoms with Crippen LogP contribution in [0.1, 0.15) is 83.1 Å². The minimum absolute atomic E-state index is 0.516. The summed E-state index contributed by atoms with van der Waals surface area (Å²) >= 11 is 0. The Balaban J connectivity index is 1.80. The van der Waals surface area contributed by atoms with E-state index < -0.39 is 11.5 Å². The van der Waals surface area contributed by atoms with Crippen molar-refractivity contribution in [2.24, 2.45) is 5.41 Å². The van der Waals surface area contributed by atoms with E-state index in [1.807, 2.05) is 30.4 Å². The van der Waals surface area contributed by atoms with Crippen LogP contribution in [0.2, 0.25) is 0 Å². The maximum absolute atomic E-state index is 13.1. The average molecular weight is 373 g/mol. The molecule has 0 spiro atoms. The summed E-state index contributed by atoms with van der Waals surface area (Å²) in [6.07, 6.45) is 18.5. The normalized spacial score (nSPS) is 19.0. The maximum atomic E-state index is 13.1. The van der Waals surface area contributed by atoms with Gasteiger partial charge in [-0.25, -0.2) is 0 Å². The lowest BCUT2D eigenvalue weighted by Gasteiger charge is -2.29. The zero-order valence-electron chi connectivity index (χ0n) is 16.7. The van der Waals surface area contributed by atoms with Gasteiger partial charge in [-0.3, -0.25) is 0 Å². The smallest absolute Gasteiger partial charge is 0.174 e. The van der Waals surface area contributed by atoms with Gasteiger partial charge in [0.25, 0.3) is 6.08 Å². The molecular formula is C25H34F2. The van der Waals surface area contributed by atoms with Crippen molar-refractivity contribution in [1.29, 1.82) is 0 Å². The van der Waals surface area contributed by atoms with Gasteiger partial charge < -0.3 is 0 Å². The summed E-state index contributed by atoms with van der Waals surface area (Å²) in [6.45, 7) is 2.24. The maximum Gasteiger partial charge on any atom is 0.267 e. The second-order valence-electron chi connectivity index (χ2n) is 7.81. The van der Waals surface area contributed by atoms with Crippen molar-refractivity contribution < 1.29 is 8.78 Å². The Hall–Kier alpha value is -1.70. The molecule has 1 aromatic carbocycles. The van der Waals surface area contributed by atoms with E-state index in [9.17, 15) is 8.78 Å². The van der Waals surface area contributed by atoms with Crippen LogP contribution in [0, 0.1) is 5.41 Å². The van der Waals surface area contributed by atoms with Crippen LogP contribution < -0.4 is 0 Å². The van der Waals surface area contributed by atoms with Crippen molar-refractivity contribution >= 4 is 5.57 Å². The highest BCUT2D eigenvalue weighted by Crippen LogP contribution is 2.40. The largest absolute Gasteiger partial charge is 0.267 e. The van der Waals surface area contributed by atoms with Crippen LogP contribution in [0.4, 0.5) is 8.78 Å². The molecule has 0 saturated carbocycles. The predicted molar refractivity (Wildman–Crippen MR) is 113 cm³/mol. The first-order chi connectivity index (χ1) is 13.2. The SMILES string of the molecule is CCCCCCCCCCCC1(C=C(F)F)C=CC(c2ccccc2)=CC1. The Bertz CT molecular complexity index is 623. The van der Waals surface area contributed by atoms with Crippen molar-refractivity contribution in [3.05, 3.63) is 66.3 Å². The molecule has 1 aliphatic carbocycles. The third-order valence-electron chi connectivity index (χ3n) is 5.55. The van der Waals surface area contributed by atoms with Crippen LogP contribution in [-0.4, -0.2) is 0 Å². The first-order valence-electron chi connectivity index (χ1n) is 10.6. The van der Waals surface area contributed by atoms with Gasteiger partial charge in [-0.2, -0.15) is 8.78 Å². The summed E-state index contributed by atoms with van der Waals surface area (Å²) in [6, 6.07) is 10.1. The molecule has 0 fully saturated rings. The number of unbranched alkanes of at least 4 members (excludes halogenated alkanes) is 8. The standard InChI is InChI=1S/C25H34F2/c1-2-3-4-5-6-7-8-9-13-18-25(21-24(26)27)19-16-23(17-20-25)22-14-11-10-12-15-22/h10-12,14-17,19,21H,2-9,13,18,20H2,1H3. The molecule has 2 rings (SSSR count). The summed E-state index contributed by atoms with van der Waals surface area (Å²) in [5, 5.41) is 0. The molecule has 1 unspecified atom stereocenters. The molecule has 0 amide bonds. The summed E-state index contributed by atoms with van der Waals surface area (Å²) in [5.41, 5.74) is 1.76. The van der Waals surface area contributed by atoms with Gasteiger partial charge in [0, 0.05) is 5.41 Å². The molecule has 0 N–H and O–H groups in total. The molecule has 0 bridgehead atoms. The van der Waals surface area contributed by atoms with Gasteiger partial charge in [0.2, 0.25) is 0 Å². The van der Waals surface area contributed by atoms with E-state index in [2.05, 4.69) is 25.1 Å². The number of halogens is 2. The van der Waals surface area contributed by atoms with Crippen molar-refractivity contribution in [2.45, 2.75) is 77.6 Å². The second-order valence-corrected chi connectivity index (χ2v) is 7.81. The van der Waals surface area contributed by atoms with Crippen LogP contribution >= 0.6 is 0 Å². The highest BCUT2D eigenvalue weighted by Gasteiger charge is 2.27. The summed E-state index contributed by atoms with van der Waals surface area (Å²) in [7, 11) is 0. The molecule has 0 aromatic heterocycles. The molecule has 1 aromatic rings. The third-order valence-corrected chi connectivity index (χ3v) is 5.55. The molecule has 148 valence electrons. The van der Waals surface area contributed by atoms with E-state index >= 15 is 0 Å². The zero-order valence-corrected chi connectivity index (χ0v) is 16.7. The van der Waals surface area contributed by atoms with Crippen LogP contribution in [-0.2, 0) is 0 Å². The van der Waals surface area contributed by atoms with Gasteiger partial charge in [-0.15, -0.1) is 0 Å². The quantitative estimate of drug-likeness (QED) is 0.322. The Kier molecular flexibility index (Phi) is 9.52. The monoisotopic (exact) mass is 372 g/mol. The van der Waals surface area contributed by atoms with Crippen LogP contribution in [0.15, 0.2) is 60.7 Å². The van der Waals surface area contributed by atoms with Crippen LogP contribution in [0.3, 0.4) is 0 Å². The number of allylic oxidation sites excluding steroid dienone is 5. The lowest BCUT2D eigenvalue weighted by atomic mass is 9.75. The molecular weight excluding hydrogens is 338 g/mol. The van der Waals surface area contributed by atoms with Gasteiger partial charge in [-0.1, -0.05) is 113 Å². The Morgan fingerprint density at radius 2 is 1.56 bits per heavy atom. The number of rotatable bonds is 12. The summed E-state index contributed by atoms with van der Waals surface area (Å²) < 4.78 is 26.1. The fraction of sp³-hybridized carbons (Fsp3) is 0.520. The molecule has 0 heterocycles. The second kappa shape index (κ2) is 11.9. The van der Waals surface area contributed by atoms with E-state index in [1.165, 1.54) is 51.0 Å². The molecule has 0 aliphatic heterocycles. The van der Waals surface area contributed by atoms with Crippen molar-refractivity contribution in [1.82, 2.24) is 0 Å². The topological polar surface area (TPSA) is 0 Å². The number of hydrogen-bond donors (Lipinski definition) is 0. The van der Waals surface area contributed by atoms with E-state index in [-0.39, 0.29) is 0 Å². The number of benzene rings is 1. The fourth-order valence-electron chi connectivity index (χ4n) is 3.88. The molecule has 1 atom stereocenters. The molecule has 0 nitrogen and oxygen atoms in total. The van der Waals surface area contributed by atoms with Crippen molar-refractivity contribution in [3.8, 4) is 0 Å². The predicted octanol–water partition coefficient (Wildman–Crippen LogP) is 8.72. The molecule has 27 heavy (non-hydrogen) atoms. The molecule has 0 saturated heterocycles. The van der Waals surface area contributed by atoms with Gasteiger partial charge in [0.1, 0.15) is 0 Å². The van der Waals surface area contributed by atoms with Crippen LogP contribution in [0.5, 0.6) is 0 Å². The summed E-state index contributed by atoms with van der Waals surface area (Å²) in [5.74, 6) is 0. The Morgan fingerprint density at radius 3 is 2.11 bits per heavy atom. The lowest BCUT2D eigenvalue weighted by Crippen LogP contribution is -2.17. The first-order valence-corrected chi connectivity index (χ1v) is 10.6.